The van der Waals surface area contributed by atoms with E-state index in [0.717, 1.165) is 16.3 Å². The predicted octanol–water partition coefficient (Wildman–Crippen LogP) is 7.44. The van der Waals surface area contributed by atoms with Crippen LogP contribution in [0.5, 0.6) is 11.5 Å². The van der Waals surface area contributed by atoms with E-state index in [0.29, 0.717) is 39.8 Å². The molecule has 4 aromatic rings. The van der Waals surface area contributed by atoms with E-state index in [1.54, 1.807) is 30.3 Å². The lowest BCUT2D eigenvalue weighted by molar-refractivity contribution is -0.384. The number of hydrogen-bond donors (Lipinski definition) is 0. The van der Waals surface area contributed by atoms with Crippen molar-refractivity contribution in [3.05, 3.63) is 111 Å². The average molecular weight is 485 g/mol. The first kappa shape index (κ1) is 23.8. The number of fused-ring (bicyclic) bond motifs is 1. The molecule has 0 aliphatic heterocycles. The number of nitrogens with zero attached hydrogens (tertiary/aromatic N) is 2. The van der Waals surface area contributed by atoms with Crippen molar-refractivity contribution >= 4 is 39.7 Å². The highest BCUT2D eigenvalue weighted by Gasteiger charge is 2.14. The first-order valence-corrected chi connectivity index (χ1v) is 11.3. The zero-order valence-electron chi connectivity index (χ0n) is 18.9. The highest BCUT2D eigenvalue weighted by atomic mass is 35.5. The van der Waals surface area contributed by atoms with Gasteiger partial charge in [0, 0.05) is 12.1 Å². The fourth-order valence-corrected chi connectivity index (χ4v) is 3.97. The molecule has 35 heavy (non-hydrogen) atoms. The van der Waals surface area contributed by atoms with Crippen LogP contribution in [0.2, 0.25) is 5.02 Å². The third kappa shape index (κ3) is 5.60. The second-order valence-electron chi connectivity index (χ2n) is 7.71. The minimum atomic E-state index is -0.453. The third-order valence-corrected chi connectivity index (χ3v) is 5.61. The molecule has 174 valence electrons. The zero-order chi connectivity index (χ0) is 24.8. The number of ether oxygens (including phenoxy) is 2. The normalized spacial score (nSPS) is 11.2. The molecule has 0 radical (unpaired) electrons. The molecule has 0 amide bonds. The van der Waals surface area contributed by atoms with Crippen LogP contribution in [0.3, 0.4) is 0 Å². The molecule has 4 aromatic carbocycles. The summed E-state index contributed by atoms with van der Waals surface area (Å²) >= 11 is 6.54. The predicted molar refractivity (Wildman–Crippen MR) is 137 cm³/mol. The highest BCUT2D eigenvalue weighted by Crippen LogP contribution is 2.38. The highest BCUT2D eigenvalue weighted by molar-refractivity contribution is 6.32. The van der Waals surface area contributed by atoms with Gasteiger partial charge in [0.15, 0.2) is 11.5 Å². The van der Waals surface area contributed by atoms with E-state index in [4.69, 9.17) is 21.1 Å². The van der Waals surface area contributed by atoms with Gasteiger partial charge >= 0.3 is 0 Å². The summed E-state index contributed by atoms with van der Waals surface area (Å²) in [6.45, 7) is 2.31. The van der Waals surface area contributed by atoms with Crippen molar-refractivity contribution in [2.75, 3.05) is 6.61 Å². The Hall–Kier alpha value is -4.34. The van der Waals surface area contributed by atoms with Gasteiger partial charge < -0.3 is 9.47 Å². The Morgan fingerprint density at radius 1 is 1.03 bits per heavy atom. The molecule has 0 aliphatic rings. The van der Waals surface area contributed by atoms with Crippen molar-refractivity contribution in [3.63, 3.8) is 0 Å². The minimum Gasteiger partial charge on any atom is -0.490 e. The standard InChI is InChI=1S/C28H21ClN2O4/c1-2-34-27-15-20(12-24(17-30)23-11-10-21-7-3-4-8-22(21)16-23)14-26(29)28(27)35-18-19-6-5-9-25(13-19)31(32)33/h3-16H,2,18H2,1H3. The summed E-state index contributed by atoms with van der Waals surface area (Å²) in [6, 6.07) is 25.8. The van der Waals surface area contributed by atoms with E-state index in [2.05, 4.69) is 6.07 Å². The van der Waals surface area contributed by atoms with Crippen molar-refractivity contribution in [1.29, 1.82) is 5.26 Å². The molecular weight excluding hydrogens is 464 g/mol. The Balaban J connectivity index is 1.64. The number of rotatable bonds is 8. The molecule has 7 heteroatoms. The van der Waals surface area contributed by atoms with Gasteiger partial charge in [-0.2, -0.15) is 5.26 Å². The molecule has 0 heterocycles. The Morgan fingerprint density at radius 2 is 1.83 bits per heavy atom. The summed E-state index contributed by atoms with van der Waals surface area (Å²) in [5.41, 5.74) is 2.59. The van der Waals surface area contributed by atoms with Gasteiger partial charge in [-0.25, -0.2) is 0 Å². The van der Waals surface area contributed by atoms with Gasteiger partial charge in [-0.1, -0.05) is 60.1 Å². The van der Waals surface area contributed by atoms with Gasteiger partial charge in [-0.3, -0.25) is 10.1 Å². The van der Waals surface area contributed by atoms with Crippen LogP contribution in [-0.2, 0) is 6.61 Å². The van der Waals surface area contributed by atoms with Gasteiger partial charge in [-0.15, -0.1) is 0 Å². The number of halogens is 1. The second kappa shape index (κ2) is 10.7. The molecule has 0 aromatic heterocycles. The van der Waals surface area contributed by atoms with Gasteiger partial charge in [0.05, 0.1) is 28.2 Å². The van der Waals surface area contributed by atoms with E-state index >= 15 is 0 Å². The van der Waals surface area contributed by atoms with Crippen molar-refractivity contribution in [2.24, 2.45) is 0 Å². The molecule has 0 unspecified atom stereocenters. The van der Waals surface area contributed by atoms with Crippen LogP contribution in [0.1, 0.15) is 23.6 Å². The van der Waals surface area contributed by atoms with Gasteiger partial charge in [0.25, 0.3) is 5.69 Å². The summed E-state index contributed by atoms with van der Waals surface area (Å²) in [4.78, 5) is 10.6. The molecule has 0 spiro atoms. The van der Waals surface area contributed by atoms with E-state index in [9.17, 15) is 15.4 Å². The van der Waals surface area contributed by atoms with Crippen molar-refractivity contribution in [3.8, 4) is 17.6 Å². The van der Waals surface area contributed by atoms with Gasteiger partial charge in [-0.05, 0) is 58.7 Å². The summed E-state index contributed by atoms with van der Waals surface area (Å²) in [6.07, 6.45) is 1.75. The van der Waals surface area contributed by atoms with Crippen LogP contribution in [0.4, 0.5) is 5.69 Å². The monoisotopic (exact) mass is 484 g/mol. The average Bonchev–Trinajstić information content (AvgIpc) is 2.87. The maximum atomic E-state index is 11.0. The van der Waals surface area contributed by atoms with Crippen LogP contribution in [0.25, 0.3) is 22.4 Å². The van der Waals surface area contributed by atoms with Crippen LogP contribution in [0, 0.1) is 21.4 Å². The Kier molecular flexibility index (Phi) is 7.30. The fraction of sp³-hybridized carbons (Fsp3) is 0.107. The maximum Gasteiger partial charge on any atom is 0.269 e. The van der Waals surface area contributed by atoms with Crippen LogP contribution >= 0.6 is 11.6 Å². The van der Waals surface area contributed by atoms with E-state index in [1.165, 1.54) is 12.1 Å². The topological polar surface area (TPSA) is 85.4 Å². The van der Waals surface area contributed by atoms with Gasteiger partial charge in [0.2, 0.25) is 0 Å². The number of nitro benzene ring substituents is 1. The van der Waals surface area contributed by atoms with Crippen LogP contribution in [0.15, 0.2) is 78.9 Å². The molecule has 0 aliphatic carbocycles. The fourth-order valence-electron chi connectivity index (χ4n) is 3.69. The van der Waals surface area contributed by atoms with Crippen LogP contribution in [-0.4, -0.2) is 11.5 Å². The number of allylic oxidation sites excluding steroid dienone is 1. The van der Waals surface area contributed by atoms with E-state index in [1.807, 2.05) is 49.4 Å². The Bertz CT molecular complexity index is 1470. The number of nitro groups is 1. The minimum absolute atomic E-state index is 0.0135. The Morgan fingerprint density at radius 3 is 2.57 bits per heavy atom. The SMILES string of the molecule is CCOc1cc(C=C(C#N)c2ccc3ccccc3c2)cc(Cl)c1OCc1cccc([N+](=O)[O-])c1. The number of benzene rings is 4. The van der Waals surface area contributed by atoms with E-state index in [-0.39, 0.29) is 12.3 Å². The smallest absolute Gasteiger partial charge is 0.269 e. The van der Waals surface area contributed by atoms with Crippen molar-refractivity contribution < 1.29 is 14.4 Å². The van der Waals surface area contributed by atoms with E-state index < -0.39 is 4.92 Å². The summed E-state index contributed by atoms with van der Waals surface area (Å²) in [5.74, 6) is 0.758. The lowest BCUT2D eigenvalue weighted by Gasteiger charge is -2.15. The van der Waals surface area contributed by atoms with Crippen LogP contribution < -0.4 is 9.47 Å². The lowest BCUT2D eigenvalue weighted by atomic mass is 10.00. The molecule has 6 nitrogen and oxygen atoms in total. The molecule has 0 saturated heterocycles. The second-order valence-corrected chi connectivity index (χ2v) is 8.12. The van der Waals surface area contributed by atoms with Gasteiger partial charge in [0.1, 0.15) is 6.61 Å². The maximum absolute atomic E-state index is 11.0. The zero-order valence-corrected chi connectivity index (χ0v) is 19.7. The molecular formula is C28H21ClN2O4. The first-order chi connectivity index (χ1) is 17.0. The third-order valence-electron chi connectivity index (χ3n) is 5.33. The molecule has 0 bridgehead atoms. The largest absolute Gasteiger partial charge is 0.490 e. The summed E-state index contributed by atoms with van der Waals surface area (Å²) in [5, 5.41) is 23.3. The molecule has 0 saturated carbocycles. The summed E-state index contributed by atoms with van der Waals surface area (Å²) < 4.78 is 11.7. The Labute approximate surface area is 207 Å². The van der Waals surface area contributed by atoms with Crippen molar-refractivity contribution in [1.82, 2.24) is 0 Å². The molecule has 4 rings (SSSR count). The molecule has 0 N–H and O–H groups in total. The molecule has 0 fully saturated rings. The number of nitriles is 1. The number of hydrogen-bond acceptors (Lipinski definition) is 5. The lowest BCUT2D eigenvalue weighted by Crippen LogP contribution is -2.01. The molecule has 0 atom stereocenters. The number of non-ortho nitro benzene ring substituents is 1. The first-order valence-electron chi connectivity index (χ1n) is 10.9. The van der Waals surface area contributed by atoms with Crippen molar-refractivity contribution in [2.45, 2.75) is 13.5 Å². The quantitative estimate of drug-likeness (QED) is 0.112. The summed E-state index contributed by atoms with van der Waals surface area (Å²) in [7, 11) is 0.